The molecule has 0 N–H and O–H groups in total. The standard InChI is InChI=1S/C30H27N3O3/c1-4-36-29(35)30(18-31)25-15-14-23-24(11-8-16-32-23)33(25)27(28(34)21-9-6-5-7-10-21)26(30)22-13-12-19(2)17-20(22)3/h5-17,25-27H,4H2,1-3H3/t25-,26-,27+,30?/m1/s1. The van der Waals surface area contributed by atoms with E-state index in [1.54, 1.807) is 25.3 Å². The van der Waals surface area contributed by atoms with Crippen molar-refractivity contribution < 1.29 is 14.3 Å². The molecule has 6 heteroatoms. The number of benzene rings is 2. The smallest absolute Gasteiger partial charge is 0.329 e. The molecule has 0 bridgehead atoms. The first kappa shape index (κ1) is 23.5. The number of carbonyl (C=O) groups excluding carboxylic acids is 2. The van der Waals surface area contributed by atoms with Gasteiger partial charge in [-0.3, -0.25) is 14.6 Å². The topological polar surface area (TPSA) is 83.3 Å². The van der Waals surface area contributed by atoms with Crippen molar-refractivity contribution in [3.8, 4) is 6.07 Å². The number of pyridine rings is 1. The Morgan fingerprint density at radius 1 is 1.11 bits per heavy atom. The van der Waals surface area contributed by atoms with Crippen LogP contribution in [-0.4, -0.2) is 35.4 Å². The van der Waals surface area contributed by atoms with E-state index >= 15 is 0 Å². The zero-order chi connectivity index (χ0) is 25.4. The van der Waals surface area contributed by atoms with Gasteiger partial charge in [-0.25, -0.2) is 0 Å². The second-order valence-corrected chi connectivity index (χ2v) is 9.33. The number of ether oxygens (including phenoxy) is 1. The number of nitrogens with zero attached hydrogens (tertiary/aromatic N) is 3. The molecule has 2 aliphatic heterocycles. The highest BCUT2D eigenvalue weighted by molar-refractivity contribution is 6.06. The van der Waals surface area contributed by atoms with E-state index in [1.807, 2.05) is 79.4 Å². The fourth-order valence-corrected chi connectivity index (χ4v) is 5.79. The van der Waals surface area contributed by atoms with Crippen LogP contribution in [0.3, 0.4) is 0 Å². The Balaban J connectivity index is 1.84. The number of hydrogen-bond acceptors (Lipinski definition) is 6. The molecule has 2 aliphatic rings. The van der Waals surface area contributed by atoms with Gasteiger partial charge in [0.05, 0.1) is 30.1 Å². The Morgan fingerprint density at radius 3 is 2.58 bits per heavy atom. The SMILES string of the molecule is CCOC(=O)C1(C#N)[C@H](c2ccc(C)cc2C)[C@@H](C(=O)c2ccccc2)N2c3cccnc3C=C[C@@H]21. The molecule has 1 fully saturated rings. The van der Waals surface area contributed by atoms with E-state index in [-0.39, 0.29) is 12.4 Å². The molecule has 1 saturated heterocycles. The van der Waals surface area contributed by atoms with Gasteiger partial charge in [-0.15, -0.1) is 0 Å². The Labute approximate surface area is 210 Å². The summed E-state index contributed by atoms with van der Waals surface area (Å²) in [5, 5.41) is 10.8. The van der Waals surface area contributed by atoms with Gasteiger partial charge < -0.3 is 9.64 Å². The average Bonchev–Trinajstić information content (AvgIpc) is 3.20. The molecule has 0 radical (unpaired) electrons. The normalized spacial score (nSPS) is 23.9. The molecule has 3 heterocycles. The summed E-state index contributed by atoms with van der Waals surface area (Å²) in [6.07, 6.45) is 5.35. The number of anilines is 1. The van der Waals surface area contributed by atoms with Gasteiger partial charge in [0.1, 0.15) is 6.04 Å². The average molecular weight is 478 g/mol. The van der Waals surface area contributed by atoms with Gasteiger partial charge in [0, 0.05) is 17.7 Å². The molecule has 1 unspecified atom stereocenters. The fourth-order valence-electron chi connectivity index (χ4n) is 5.79. The molecule has 180 valence electrons. The summed E-state index contributed by atoms with van der Waals surface area (Å²) in [6, 6.07) is 19.5. The zero-order valence-electron chi connectivity index (χ0n) is 20.5. The van der Waals surface area contributed by atoms with Gasteiger partial charge in [0.25, 0.3) is 0 Å². The minimum absolute atomic E-state index is 0.133. The second kappa shape index (κ2) is 9.09. The van der Waals surface area contributed by atoms with Crippen molar-refractivity contribution in [2.24, 2.45) is 5.41 Å². The molecule has 2 aromatic carbocycles. The second-order valence-electron chi connectivity index (χ2n) is 9.33. The maximum atomic E-state index is 14.3. The summed E-state index contributed by atoms with van der Waals surface area (Å²) in [6.45, 7) is 5.81. The number of fused-ring (bicyclic) bond motifs is 3. The lowest BCUT2D eigenvalue weighted by Crippen LogP contribution is -2.47. The van der Waals surface area contributed by atoms with Gasteiger partial charge in [-0.1, -0.05) is 60.2 Å². The molecule has 4 atom stereocenters. The summed E-state index contributed by atoms with van der Waals surface area (Å²) in [5.41, 5.74) is 3.06. The van der Waals surface area contributed by atoms with Crippen molar-refractivity contribution in [3.05, 3.63) is 101 Å². The highest BCUT2D eigenvalue weighted by Gasteiger charge is 2.67. The monoisotopic (exact) mass is 477 g/mol. The lowest BCUT2D eigenvalue weighted by Gasteiger charge is -2.35. The maximum Gasteiger partial charge on any atom is 0.329 e. The number of aryl methyl sites for hydroxylation is 2. The molecular formula is C30H27N3O3. The largest absolute Gasteiger partial charge is 0.465 e. The molecule has 0 aliphatic carbocycles. The van der Waals surface area contributed by atoms with Crippen LogP contribution in [0.1, 0.15) is 45.6 Å². The third kappa shape index (κ3) is 3.43. The Kier molecular flexibility index (Phi) is 5.93. The molecule has 3 aromatic rings. The third-order valence-electron chi connectivity index (χ3n) is 7.29. The number of Topliss-reactive ketones (excluding diaryl/α,β-unsaturated/α-hetero) is 1. The van der Waals surface area contributed by atoms with Gasteiger partial charge >= 0.3 is 5.97 Å². The summed E-state index contributed by atoms with van der Waals surface area (Å²) in [4.78, 5) is 34.5. The number of hydrogen-bond donors (Lipinski definition) is 0. The number of ketones is 1. The highest BCUT2D eigenvalue weighted by atomic mass is 16.5. The van der Waals surface area contributed by atoms with Crippen molar-refractivity contribution in [1.29, 1.82) is 5.26 Å². The van der Waals surface area contributed by atoms with E-state index < -0.39 is 29.4 Å². The molecule has 1 aromatic heterocycles. The van der Waals surface area contributed by atoms with Crippen molar-refractivity contribution in [3.63, 3.8) is 0 Å². The van der Waals surface area contributed by atoms with E-state index in [1.165, 1.54) is 0 Å². The van der Waals surface area contributed by atoms with E-state index in [9.17, 15) is 14.9 Å². The predicted octanol–water partition coefficient (Wildman–Crippen LogP) is 5.02. The number of esters is 1. The lowest BCUT2D eigenvalue weighted by atomic mass is 9.67. The van der Waals surface area contributed by atoms with Crippen LogP contribution in [-0.2, 0) is 9.53 Å². The minimum Gasteiger partial charge on any atom is -0.465 e. The van der Waals surface area contributed by atoms with Crippen LogP contribution in [0.5, 0.6) is 0 Å². The van der Waals surface area contributed by atoms with Crippen molar-refractivity contribution >= 4 is 23.5 Å². The molecule has 0 amide bonds. The van der Waals surface area contributed by atoms with Crippen LogP contribution < -0.4 is 4.90 Å². The van der Waals surface area contributed by atoms with E-state index in [0.29, 0.717) is 11.3 Å². The molecule has 36 heavy (non-hydrogen) atoms. The molecular weight excluding hydrogens is 450 g/mol. The predicted molar refractivity (Wildman–Crippen MR) is 137 cm³/mol. The number of nitriles is 1. The first-order valence-corrected chi connectivity index (χ1v) is 12.1. The number of carbonyl (C=O) groups is 2. The van der Waals surface area contributed by atoms with Gasteiger partial charge in [-0.05, 0) is 50.1 Å². The van der Waals surface area contributed by atoms with E-state index in [4.69, 9.17) is 4.74 Å². The first-order valence-electron chi connectivity index (χ1n) is 12.1. The molecule has 5 rings (SSSR count). The summed E-state index contributed by atoms with van der Waals surface area (Å²) in [7, 11) is 0. The van der Waals surface area contributed by atoms with Crippen molar-refractivity contribution in [2.75, 3.05) is 11.5 Å². The summed E-state index contributed by atoms with van der Waals surface area (Å²) < 4.78 is 5.56. The lowest BCUT2D eigenvalue weighted by molar-refractivity contribution is -0.152. The van der Waals surface area contributed by atoms with Gasteiger partial charge in [0.15, 0.2) is 11.2 Å². The first-order chi connectivity index (χ1) is 17.4. The van der Waals surface area contributed by atoms with Crippen LogP contribution in [0.25, 0.3) is 6.08 Å². The zero-order valence-corrected chi connectivity index (χ0v) is 20.5. The van der Waals surface area contributed by atoms with E-state index in [2.05, 4.69) is 11.1 Å². The summed E-state index contributed by atoms with van der Waals surface area (Å²) >= 11 is 0. The van der Waals surface area contributed by atoms with Crippen LogP contribution in [0.4, 0.5) is 5.69 Å². The van der Waals surface area contributed by atoms with Crippen LogP contribution >= 0.6 is 0 Å². The third-order valence-corrected chi connectivity index (χ3v) is 7.29. The van der Waals surface area contributed by atoms with Crippen LogP contribution in [0, 0.1) is 30.6 Å². The van der Waals surface area contributed by atoms with Gasteiger partial charge in [-0.2, -0.15) is 5.26 Å². The highest BCUT2D eigenvalue weighted by Crippen LogP contribution is 2.56. The van der Waals surface area contributed by atoms with Crippen molar-refractivity contribution in [1.82, 2.24) is 4.98 Å². The number of aromatic nitrogens is 1. The van der Waals surface area contributed by atoms with Gasteiger partial charge in [0.2, 0.25) is 0 Å². The van der Waals surface area contributed by atoms with Crippen molar-refractivity contribution in [2.45, 2.75) is 38.8 Å². The Bertz CT molecular complexity index is 1410. The maximum absolute atomic E-state index is 14.3. The summed E-state index contributed by atoms with van der Waals surface area (Å²) in [5.74, 6) is -1.54. The molecule has 0 spiro atoms. The quantitative estimate of drug-likeness (QED) is 0.379. The molecule has 6 nitrogen and oxygen atoms in total. The van der Waals surface area contributed by atoms with E-state index in [0.717, 1.165) is 22.4 Å². The Morgan fingerprint density at radius 2 is 1.89 bits per heavy atom. The van der Waals surface area contributed by atoms with Crippen LogP contribution in [0.2, 0.25) is 0 Å². The fraction of sp³-hybridized carbons (Fsp3) is 0.267. The molecule has 0 saturated carbocycles. The number of rotatable bonds is 5. The minimum atomic E-state index is -1.64. The Hall–Kier alpha value is -4.24. The van der Waals surface area contributed by atoms with Crippen LogP contribution in [0.15, 0.2) is 72.9 Å².